The van der Waals surface area contributed by atoms with Gasteiger partial charge < -0.3 is 45.3 Å². The van der Waals surface area contributed by atoms with Crippen LogP contribution in [0.1, 0.15) is 6.42 Å². The number of carbonyl (C=O) groups excluding carboxylic acids is 2. The van der Waals surface area contributed by atoms with E-state index in [1.54, 1.807) is 0 Å². The van der Waals surface area contributed by atoms with Crippen molar-refractivity contribution in [3.05, 3.63) is 0 Å². The lowest BCUT2D eigenvalue weighted by molar-refractivity contribution is -0.127. The highest BCUT2D eigenvalue weighted by Gasteiger charge is 2.22. The maximum Gasteiger partial charge on any atom is 0.151 e. The zero-order chi connectivity index (χ0) is 15.4. The Kier molecular flexibility index (Phi) is 13.0. The van der Waals surface area contributed by atoms with Crippen LogP contribution in [0, 0.1) is 0 Å². The number of aldehydes is 2. The van der Waals surface area contributed by atoms with Crippen LogP contribution in [-0.2, 0) is 9.59 Å². The fourth-order valence-corrected chi connectivity index (χ4v) is 0.793. The van der Waals surface area contributed by atoms with Gasteiger partial charge >= 0.3 is 0 Å². The molecular weight excluding hydrogens is 264 g/mol. The van der Waals surface area contributed by atoms with E-state index in [0.29, 0.717) is 6.29 Å². The van der Waals surface area contributed by atoms with Crippen LogP contribution >= 0.6 is 0 Å². The fraction of sp³-hybridized carbons (Fsp3) is 0.800. The lowest BCUT2D eigenvalue weighted by Gasteiger charge is -2.16. The molecule has 0 fully saturated rings. The molecule has 0 aromatic heterocycles. The van der Waals surface area contributed by atoms with Crippen LogP contribution in [0.4, 0.5) is 0 Å². The molecule has 0 aliphatic heterocycles. The Labute approximate surface area is 109 Å². The molecule has 5 atom stereocenters. The van der Waals surface area contributed by atoms with Crippen molar-refractivity contribution >= 4 is 12.6 Å². The Hall–Kier alpha value is -0.940. The number of hydrogen-bond donors (Lipinski definition) is 7. The SMILES string of the molecule is O=CC[C@H](O)[C@H](O)CO.O=C[C@H](O)[C@H](O)[C@H](O)CO. The highest BCUT2D eigenvalue weighted by Crippen LogP contribution is 1.96. The minimum atomic E-state index is -1.64. The molecule has 0 saturated carbocycles. The van der Waals surface area contributed by atoms with Gasteiger partial charge in [0.2, 0.25) is 0 Å². The third kappa shape index (κ3) is 9.62. The average Bonchev–Trinajstić information content (AvgIpc) is 2.44. The van der Waals surface area contributed by atoms with Gasteiger partial charge in [-0.05, 0) is 0 Å². The van der Waals surface area contributed by atoms with Gasteiger partial charge in [0.05, 0.1) is 19.3 Å². The quantitative estimate of drug-likeness (QED) is 0.217. The van der Waals surface area contributed by atoms with Gasteiger partial charge in [-0.2, -0.15) is 0 Å². The molecular formula is C10H20O9. The first kappa shape index (κ1) is 20.4. The molecule has 114 valence electrons. The van der Waals surface area contributed by atoms with Crippen molar-refractivity contribution < 1.29 is 45.3 Å². The van der Waals surface area contributed by atoms with Gasteiger partial charge in [-0.1, -0.05) is 0 Å². The second-order valence-corrected chi connectivity index (χ2v) is 3.59. The third-order valence-corrected chi connectivity index (χ3v) is 2.04. The van der Waals surface area contributed by atoms with Crippen molar-refractivity contribution in [3.63, 3.8) is 0 Å². The molecule has 0 bridgehead atoms. The van der Waals surface area contributed by atoms with Crippen LogP contribution in [0.25, 0.3) is 0 Å². The fourth-order valence-electron chi connectivity index (χ4n) is 0.793. The van der Waals surface area contributed by atoms with E-state index in [0.717, 1.165) is 0 Å². The summed E-state index contributed by atoms with van der Waals surface area (Å²) in [4.78, 5) is 19.4. The van der Waals surface area contributed by atoms with Crippen molar-refractivity contribution in [2.75, 3.05) is 13.2 Å². The highest BCUT2D eigenvalue weighted by molar-refractivity contribution is 5.56. The molecule has 0 amide bonds. The Bertz CT molecular complexity index is 235. The smallest absolute Gasteiger partial charge is 0.151 e. The van der Waals surface area contributed by atoms with Gasteiger partial charge in [0, 0.05) is 6.42 Å². The van der Waals surface area contributed by atoms with Crippen LogP contribution < -0.4 is 0 Å². The average molecular weight is 284 g/mol. The predicted molar refractivity (Wildman–Crippen MR) is 61.0 cm³/mol. The number of rotatable bonds is 8. The van der Waals surface area contributed by atoms with Crippen LogP contribution in [-0.4, -0.2) is 92.1 Å². The van der Waals surface area contributed by atoms with Crippen LogP contribution in [0.2, 0.25) is 0 Å². The second-order valence-electron chi connectivity index (χ2n) is 3.59. The van der Waals surface area contributed by atoms with Crippen molar-refractivity contribution in [3.8, 4) is 0 Å². The van der Waals surface area contributed by atoms with E-state index < -0.39 is 43.7 Å². The molecule has 0 radical (unpaired) electrons. The van der Waals surface area contributed by atoms with Crippen LogP contribution in [0.15, 0.2) is 0 Å². The number of carbonyl (C=O) groups is 2. The lowest BCUT2D eigenvalue weighted by Crippen LogP contribution is -2.40. The summed E-state index contributed by atoms with van der Waals surface area (Å²) in [6, 6.07) is 0. The monoisotopic (exact) mass is 284 g/mol. The van der Waals surface area contributed by atoms with E-state index in [9.17, 15) is 9.59 Å². The summed E-state index contributed by atoms with van der Waals surface area (Å²) in [6.07, 6.45) is -6.61. The van der Waals surface area contributed by atoms with E-state index in [4.69, 9.17) is 35.7 Å². The third-order valence-electron chi connectivity index (χ3n) is 2.04. The zero-order valence-electron chi connectivity index (χ0n) is 10.1. The van der Waals surface area contributed by atoms with Gasteiger partial charge in [0.25, 0.3) is 0 Å². The molecule has 9 nitrogen and oxygen atoms in total. The molecule has 0 aliphatic rings. The van der Waals surface area contributed by atoms with Gasteiger partial charge in [0.15, 0.2) is 6.29 Å². The van der Waals surface area contributed by atoms with Crippen molar-refractivity contribution in [1.29, 1.82) is 0 Å². The van der Waals surface area contributed by atoms with Crippen molar-refractivity contribution in [2.24, 2.45) is 0 Å². The molecule has 0 unspecified atom stereocenters. The first-order valence-electron chi connectivity index (χ1n) is 5.36. The molecule has 0 aromatic carbocycles. The molecule has 19 heavy (non-hydrogen) atoms. The minimum Gasteiger partial charge on any atom is -0.394 e. The number of aliphatic hydroxyl groups excluding tert-OH is 7. The summed E-state index contributed by atoms with van der Waals surface area (Å²) in [5.74, 6) is 0. The Balaban J connectivity index is 0. The predicted octanol–water partition coefficient (Wildman–Crippen LogP) is -4.45. The molecule has 0 saturated heterocycles. The maximum atomic E-state index is 9.76. The molecule has 0 rings (SSSR count). The molecule has 0 aromatic rings. The van der Waals surface area contributed by atoms with Gasteiger partial charge in [-0.25, -0.2) is 0 Å². The summed E-state index contributed by atoms with van der Waals surface area (Å²) < 4.78 is 0. The van der Waals surface area contributed by atoms with Crippen molar-refractivity contribution in [2.45, 2.75) is 36.9 Å². The van der Waals surface area contributed by atoms with E-state index >= 15 is 0 Å². The topological polar surface area (TPSA) is 176 Å². The largest absolute Gasteiger partial charge is 0.394 e. The molecule has 0 aliphatic carbocycles. The minimum absolute atomic E-state index is 0.0869. The molecule has 9 heteroatoms. The van der Waals surface area contributed by atoms with Gasteiger partial charge in [0.1, 0.15) is 30.7 Å². The summed E-state index contributed by atoms with van der Waals surface area (Å²) >= 11 is 0. The summed E-state index contributed by atoms with van der Waals surface area (Å²) in [7, 11) is 0. The van der Waals surface area contributed by atoms with E-state index in [2.05, 4.69) is 0 Å². The standard InChI is InChI=1S/C5H10O5.C5H10O4/c6-1-3(8)5(10)4(9)2-7;6-2-1-4(8)5(9)3-7/h1,3-5,7-10H,2H2;2,4-5,7-9H,1,3H2/t3-,4+,5-;4-,5+/m00/s1. The van der Waals surface area contributed by atoms with E-state index in [-0.39, 0.29) is 12.7 Å². The molecule has 0 heterocycles. The van der Waals surface area contributed by atoms with Crippen LogP contribution in [0.3, 0.4) is 0 Å². The molecule has 0 spiro atoms. The first-order chi connectivity index (χ1) is 8.85. The summed E-state index contributed by atoms with van der Waals surface area (Å²) in [5.41, 5.74) is 0. The first-order valence-corrected chi connectivity index (χ1v) is 5.36. The number of hydrogen-bond acceptors (Lipinski definition) is 9. The van der Waals surface area contributed by atoms with Gasteiger partial charge in [-0.15, -0.1) is 0 Å². The Morgan fingerprint density at radius 1 is 0.789 bits per heavy atom. The zero-order valence-corrected chi connectivity index (χ0v) is 10.1. The van der Waals surface area contributed by atoms with E-state index in [1.165, 1.54) is 0 Å². The maximum absolute atomic E-state index is 9.76. The summed E-state index contributed by atoms with van der Waals surface area (Å²) in [5, 5.41) is 59.5. The highest BCUT2D eigenvalue weighted by atomic mass is 16.4. The Morgan fingerprint density at radius 2 is 1.26 bits per heavy atom. The molecule has 7 N–H and O–H groups in total. The second kappa shape index (κ2) is 12.1. The summed E-state index contributed by atoms with van der Waals surface area (Å²) in [6.45, 7) is -1.21. The normalized spacial score (nSPS) is 18.3. The van der Waals surface area contributed by atoms with Crippen molar-refractivity contribution in [1.82, 2.24) is 0 Å². The van der Waals surface area contributed by atoms with E-state index in [1.807, 2.05) is 0 Å². The van der Waals surface area contributed by atoms with Gasteiger partial charge in [-0.3, -0.25) is 0 Å². The van der Waals surface area contributed by atoms with Crippen LogP contribution in [0.5, 0.6) is 0 Å². The lowest BCUT2D eigenvalue weighted by atomic mass is 10.1. The Morgan fingerprint density at radius 3 is 1.58 bits per heavy atom. The number of aliphatic hydroxyl groups is 7.